The molecule has 1 aliphatic heterocycles. The summed E-state index contributed by atoms with van der Waals surface area (Å²) in [5.41, 5.74) is 1.95. The maximum absolute atomic E-state index is 12.0. The second-order valence-electron chi connectivity index (χ2n) is 5.22. The van der Waals surface area contributed by atoms with Gasteiger partial charge in [0.1, 0.15) is 11.5 Å². The molecule has 0 aromatic heterocycles. The van der Waals surface area contributed by atoms with Gasteiger partial charge in [0.05, 0.1) is 14.2 Å². The van der Waals surface area contributed by atoms with Crippen molar-refractivity contribution in [2.75, 3.05) is 14.2 Å². The van der Waals surface area contributed by atoms with Crippen molar-refractivity contribution >= 4 is 24.0 Å². The molecule has 0 unspecified atom stereocenters. The van der Waals surface area contributed by atoms with Gasteiger partial charge in [0.2, 0.25) is 5.90 Å². The van der Waals surface area contributed by atoms with Crippen LogP contribution in [0.1, 0.15) is 11.1 Å². The van der Waals surface area contributed by atoms with Crippen molar-refractivity contribution in [3.05, 3.63) is 71.4 Å². The van der Waals surface area contributed by atoms with Crippen molar-refractivity contribution in [2.45, 2.75) is 0 Å². The zero-order valence-electron chi connectivity index (χ0n) is 13.9. The summed E-state index contributed by atoms with van der Waals surface area (Å²) in [4.78, 5) is 16.2. The van der Waals surface area contributed by atoms with Crippen LogP contribution in [0, 0.1) is 0 Å². The van der Waals surface area contributed by atoms with Crippen molar-refractivity contribution in [2.24, 2.45) is 4.99 Å². The summed E-state index contributed by atoms with van der Waals surface area (Å²) in [5, 5.41) is 0. The van der Waals surface area contributed by atoms with Crippen molar-refractivity contribution in [3.63, 3.8) is 0 Å². The molecule has 1 aliphatic rings. The van der Waals surface area contributed by atoms with Gasteiger partial charge in [-0.25, -0.2) is 9.79 Å². The van der Waals surface area contributed by atoms with Crippen molar-refractivity contribution in [3.8, 4) is 11.5 Å². The van der Waals surface area contributed by atoms with Gasteiger partial charge in [0.25, 0.3) is 0 Å². The number of hydrogen-bond acceptors (Lipinski definition) is 5. The molecular weight excluding hydrogens is 318 g/mol. The lowest BCUT2D eigenvalue weighted by molar-refractivity contribution is -0.129. The van der Waals surface area contributed by atoms with Crippen LogP contribution < -0.4 is 9.47 Å². The SMILES string of the molecule is COc1ccc(C=CC2=NC(=Cc3ccccc3OC)C(=O)O2)cc1. The van der Waals surface area contributed by atoms with Gasteiger partial charge in [-0.15, -0.1) is 0 Å². The molecule has 5 nitrogen and oxygen atoms in total. The van der Waals surface area contributed by atoms with Crippen LogP contribution in [0.15, 0.2) is 65.3 Å². The zero-order valence-corrected chi connectivity index (χ0v) is 13.9. The standard InChI is InChI=1S/C20H17NO4/c1-23-16-10-7-14(8-11-16)9-12-19-21-17(20(22)25-19)13-15-5-3-4-6-18(15)24-2/h3-13H,1-2H3. The highest BCUT2D eigenvalue weighted by atomic mass is 16.6. The molecule has 0 amide bonds. The first-order valence-electron chi connectivity index (χ1n) is 7.67. The number of carbonyl (C=O) groups is 1. The molecule has 0 aliphatic carbocycles. The number of para-hydroxylation sites is 1. The predicted molar refractivity (Wildman–Crippen MR) is 96.5 cm³/mol. The number of ether oxygens (including phenoxy) is 3. The summed E-state index contributed by atoms with van der Waals surface area (Å²) < 4.78 is 15.6. The van der Waals surface area contributed by atoms with E-state index in [-0.39, 0.29) is 11.6 Å². The van der Waals surface area contributed by atoms with Crippen LogP contribution in [0.4, 0.5) is 0 Å². The van der Waals surface area contributed by atoms with Gasteiger partial charge in [0, 0.05) is 11.6 Å². The third kappa shape index (κ3) is 3.95. The maximum Gasteiger partial charge on any atom is 0.363 e. The van der Waals surface area contributed by atoms with Crippen LogP contribution in [-0.4, -0.2) is 26.1 Å². The first-order valence-corrected chi connectivity index (χ1v) is 7.67. The van der Waals surface area contributed by atoms with Crippen LogP contribution >= 0.6 is 0 Å². The minimum Gasteiger partial charge on any atom is -0.497 e. The Kier molecular flexibility index (Phi) is 4.95. The summed E-state index contributed by atoms with van der Waals surface area (Å²) in [6.07, 6.45) is 5.12. The second kappa shape index (κ2) is 7.49. The van der Waals surface area contributed by atoms with E-state index in [1.54, 1.807) is 26.4 Å². The molecule has 0 fully saturated rings. The molecule has 0 radical (unpaired) electrons. The quantitative estimate of drug-likeness (QED) is 0.617. The smallest absolute Gasteiger partial charge is 0.363 e. The van der Waals surface area contributed by atoms with Gasteiger partial charge in [-0.05, 0) is 35.9 Å². The Labute approximate surface area is 145 Å². The van der Waals surface area contributed by atoms with Crippen molar-refractivity contribution in [1.29, 1.82) is 0 Å². The minimum atomic E-state index is -0.486. The number of nitrogens with zero attached hydrogens (tertiary/aromatic N) is 1. The molecule has 3 rings (SSSR count). The highest BCUT2D eigenvalue weighted by Crippen LogP contribution is 2.23. The largest absolute Gasteiger partial charge is 0.497 e. The van der Waals surface area contributed by atoms with E-state index in [0.29, 0.717) is 5.75 Å². The Bertz CT molecular complexity index is 864. The summed E-state index contributed by atoms with van der Waals surface area (Å²) in [6.45, 7) is 0. The lowest BCUT2D eigenvalue weighted by atomic mass is 10.1. The normalized spacial score (nSPS) is 15.4. The Morgan fingerprint density at radius 2 is 1.72 bits per heavy atom. The number of hydrogen-bond donors (Lipinski definition) is 0. The molecule has 1 heterocycles. The van der Waals surface area contributed by atoms with Gasteiger partial charge in [-0.2, -0.15) is 0 Å². The number of benzene rings is 2. The molecule has 0 saturated carbocycles. The van der Waals surface area contributed by atoms with Gasteiger partial charge >= 0.3 is 5.97 Å². The second-order valence-corrected chi connectivity index (χ2v) is 5.22. The zero-order chi connectivity index (χ0) is 17.6. The van der Waals surface area contributed by atoms with E-state index in [1.807, 2.05) is 54.6 Å². The Balaban J connectivity index is 1.79. The van der Waals surface area contributed by atoms with E-state index in [4.69, 9.17) is 14.2 Å². The predicted octanol–water partition coefficient (Wildman–Crippen LogP) is 3.71. The fourth-order valence-electron chi connectivity index (χ4n) is 2.31. The first kappa shape index (κ1) is 16.5. The fraction of sp³-hybridized carbons (Fsp3) is 0.100. The summed E-state index contributed by atoms with van der Waals surface area (Å²) >= 11 is 0. The highest BCUT2D eigenvalue weighted by molar-refractivity contribution is 6.11. The molecule has 5 heteroatoms. The molecular formula is C20H17NO4. The molecule has 2 aromatic carbocycles. The van der Waals surface area contributed by atoms with Crippen LogP contribution in [0.5, 0.6) is 11.5 Å². The lowest BCUT2D eigenvalue weighted by Gasteiger charge is -2.03. The van der Waals surface area contributed by atoms with Crippen LogP contribution in [0.2, 0.25) is 0 Å². The Hall–Kier alpha value is -3.34. The number of methoxy groups -OCH3 is 2. The number of carbonyl (C=O) groups excluding carboxylic acids is 1. The molecule has 0 saturated heterocycles. The van der Waals surface area contributed by atoms with Crippen LogP contribution in [0.25, 0.3) is 12.2 Å². The molecule has 2 aromatic rings. The average Bonchev–Trinajstić information content (AvgIpc) is 3.00. The van der Waals surface area contributed by atoms with Crippen LogP contribution in [-0.2, 0) is 9.53 Å². The van der Waals surface area contributed by atoms with Crippen molar-refractivity contribution in [1.82, 2.24) is 0 Å². The van der Waals surface area contributed by atoms with E-state index >= 15 is 0 Å². The average molecular weight is 335 g/mol. The van der Waals surface area contributed by atoms with Crippen LogP contribution in [0.3, 0.4) is 0 Å². The van der Waals surface area contributed by atoms with Gasteiger partial charge in [-0.3, -0.25) is 0 Å². The van der Waals surface area contributed by atoms with Gasteiger partial charge < -0.3 is 14.2 Å². The molecule has 0 spiro atoms. The number of aliphatic imine (C=N–C) groups is 1. The fourth-order valence-corrected chi connectivity index (χ4v) is 2.31. The highest BCUT2D eigenvalue weighted by Gasteiger charge is 2.21. The molecule has 0 atom stereocenters. The first-order chi connectivity index (χ1) is 12.2. The Morgan fingerprint density at radius 3 is 2.44 bits per heavy atom. The molecule has 126 valence electrons. The summed E-state index contributed by atoms with van der Waals surface area (Å²) in [7, 11) is 3.20. The van der Waals surface area contributed by atoms with E-state index in [0.717, 1.165) is 16.9 Å². The van der Waals surface area contributed by atoms with E-state index in [1.165, 1.54) is 0 Å². The van der Waals surface area contributed by atoms with E-state index < -0.39 is 5.97 Å². The summed E-state index contributed by atoms with van der Waals surface area (Å²) in [6, 6.07) is 14.9. The number of esters is 1. The van der Waals surface area contributed by atoms with Gasteiger partial charge in [0.15, 0.2) is 5.70 Å². The number of rotatable bonds is 5. The van der Waals surface area contributed by atoms with Crippen molar-refractivity contribution < 1.29 is 19.0 Å². The molecule has 25 heavy (non-hydrogen) atoms. The van der Waals surface area contributed by atoms with E-state index in [2.05, 4.69) is 4.99 Å². The molecule has 0 bridgehead atoms. The maximum atomic E-state index is 12.0. The lowest BCUT2D eigenvalue weighted by Crippen LogP contribution is -2.01. The van der Waals surface area contributed by atoms with Gasteiger partial charge in [-0.1, -0.05) is 30.3 Å². The molecule has 0 N–H and O–H groups in total. The third-order valence-electron chi connectivity index (χ3n) is 3.60. The third-order valence-corrected chi connectivity index (χ3v) is 3.60. The number of cyclic esters (lactones) is 1. The topological polar surface area (TPSA) is 57.1 Å². The minimum absolute atomic E-state index is 0.235. The monoisotopic (exact) mass is 335 g/mol. The summed E-state index contributed by atoms with van der Waals surface area (Å²) in [5.74, 6) is 1.21. The van der Waals surface area contributed by atoms with E-state index in [9.17, 15) is 4.79 Å². The Morgan fingerprint density at radius 1 is 0.960 bits per heavy atom.